The molecule has 0 amide bonds. The van der Waals surface area contributed by atoms with Crippen LogP contribution >= 0.6 is 11.8 Å². The van der Waals surface area contributed by atoms with Gasteiger partial charge in [0.2, 0.25) is 0 Å². The van der Waals surface area contributed by atoms with Gasteiger partial charge in [0, 0.05) is 0 Å². The van der Waals surface area contributed by atoms with Crippen LogP contribution in [0, 0.1) is 0 Å². The molecule has 0 bridgehead atoms. The molecule has 1 aliphatic rings. The number of nitrogens with zero attached hydrogens (tertiary/aromatic N) is 1. The zero-order chi connectivity index (χ0) is 8.48. The van der Waals surface area contributed by atoms with E-state index in [1.807, 2.05) is 0 Å². The minimum atomic E-state index is -2.98. The van der Waals surface area contributed by atoms with Gasteiger partial charge in [0.1, 0.15) is 0 Å². The summed E-state index contributed by atoms with van der Waals surface area (Å²) in [5, 5.41) is 11.2. The topological polar surface area (TPSA) is 66.7 Å². The van der Waals surface area contributed by atoms with Gasteiger partial charge in [-0.25, -0.2) is 8.42 Å². The fraction of sp³-hybridized carbons (Fsp3) is 0.800. The van der Waals surface area contributed by atoms with Gasteiger partial charge >= 0.3 is 0 Å². The summed E-state index contributed by atoms with van der Waals surface area (Å²) in [6.07, 6.45) is 1.80. The highest BCUT2D eigenvalue weighted by atomic mass is 32.2. The lowest BCUT2D eigenvalue weighted by Gasteiger charge is -2.00. The van der Waals surface area contributed by atoms with Crippen LogP contribution in [0.25, 0.3) is 0 Å². The molecule has 11 heavy (non-hydrogen) atoms. The molecule has 1 unspecified atom stereocenters. The van der Waals surface area contributed by atoms with Crippen molar-refractivity contribution in [3.8, 4) is 0 Å². The molecule has 0 spiro atoms. The van der Waals surface area contributed by atoms with Crippen LogP contribution in [-0.4, -0.2) is 42.3 Å². The van der Waals surface area contributed by atoms with E-state index in [0.717, 1.165) is 0 Å². The highest BCUT2D eigenvalue weighted by molar-refractivity contribution is 8.02. The van der Waals surface area contributed by atoms with Crippen molar-refractivity contribution in [2.45, 2.75) is 5.25 Å². The summed E-state index contributed by atoms with van der Waals surface area (Å²) < 4.78 is 21.9. The monoisotopic (exact) mass is 195 g/mol. The lowest BCUT2D eigenvalue weighted by Crippen LogP contribution is -2.13. The molecular weight excluding hydrogens is 186 g/mol. The third-order valence-electron chi connectivity index (χ3n) is 1.56. The maximum absolute atomic E-state index is 11.0. The molecule has 1 aliphatic heterocycles. The summed E-state index contributed by atoms with van der Waals surface area (Å²) in [5.41, 5.74) is 0.373. The second-order valence-electron chi connectivity index (χ2n) is 2.37. The van der Waals surface area contributed by atoms with Gasteiger partial charge in [-0.3, -0.25) is 0 Å². The maximum atomic E-state index is 11.0. The molecular formula is C5H9NO3S2. The fourth-order valence-corrected chi connectivity index (χ4v) is 4.16. The van der Waals surface area contributed by atoms with Crippen LogP contribution in [0.1, 0.15) is 0 Å². The first kappa shape index (κ1) is 8.86. The van der Waals surface area contributed by atoms with Gasteiger partial charge in [0.15, 0.2) is 9.84 Å². The van der Waals surface area contributed by atoms with Crippen molar-refractivity contribution >= 4 is 27.3 Å². The van der Waals surface area contributed by atoms with Crippen molar-refractivity contribution < 1.29 is 13.6 Å². The van der Waals surface area contributed by atoms with Crippen LogP contribution in [-0.2, 0) is 9.84 Å². The summed E-state index contributed by atoms with van der Waals surface area (Å²) in [4.78, 5) is 0. The zero-order valence-electron chi connectivity index (χ0n) is 6.02. The Hall–Kier alpha value is -0.230. The Kier molecular flexibility index (Phi) is 2.43. The Balaban J connectivity index is 2.87. The molecule has 0 aromatic heterocycles. The smallest absolute Gasteiger partial charge is 0.157 e. The molecule has 0 aromatic carbocycles. The molecule has 1 N–H and O–H groups in total. The molecule has 4 nitrogen and oxygen atoms in total. The Labute approximate surface area is 69.6 Å². The van der Waals surface area contributed by atoms with Crippen LogP contribution in [0.4, 0.5) is 0 Å². The predicted octanol–water partition coefficient (Wildman–Crippen LogP) is -0.0234. The van der Waals surface area contributed by atoms with E-state index in [9.17, 15) is 8.42 Å². The number of thioether (sulfide) groups is 1. The summed E-state index contributed by atoms with van der Waals surface area (Å²) in [5.74, 6) is 0.0164. The van der Waals surface area contributed by atoms with E-state index in [1.54, 1.807) is 6.26 Å². The number of oxime groups is 1. The maximum Gasteiger partial charge on any atom is 0.157 e. The van der Waals surface area contributed by atoms with Crippen LogP contribution in [0.5, 0.6) is 0 Å². The molecule has 1 saturated heterocycles. The van der Waals surface area contributed by atoms with E-state index in [2.05, 4.69) is 5.16 Å². The standard InChI is InChI=1S/C5H9NO3S2/c1-10-5-3-11(8,9)2-4(5)6-7/h5,7H,2-3H2,1H3/b6-4+. The minimum Gasteiger partial charge on any atom is -0.411 e. The summed E-state index contributed by atoms with van der Waals surface area (Å²) in [6.45, 7) is 0. The molecule has 1 fully saturated rings. The van der Waals surface area contributed by atoms with E-state index < -0.39 is 9.84 Å². The van der Waals surface area contributed by atoms with Crippen LogP contribution in [0.3, 0.4) is 0 Å². The molecule has 1 heterocycles. The lowest BCUT2D eigenvalue weighted by molar-refractivity contribution is 0.318. The van der Waals surface area contributed by atoms with Crippen molar-refractivity contribution in [2.75, 3.05) is 17.8 Å². The van der Waals surface area contributed by atoms with Gasteiger partial charge in [-0.1, -0.05) is 5.16 Å². The molecule has 0 saturated carbocycles. The largest absolute Gasteiger partial charge is 0.411 e. The second-order valence-corrected chi connectivity index (χ2v) is 5.52. The normalized spacial score (nSPS) is 32.8. The van der Waals surface area contributed by atoms with E-state index >= 15 is 0 Å². The Morgan fingerprint density at radius 2 is 2.36 bits per heavy atom. The first-order chi connectivity index (χ1) is 5.09. The first-order valence-corrected chi connectivity index (χ1v) is 6.14. The lowest BCUT2D eigenvalue weighted by atomic mass is 10.3. The highest BCUT2D eigenvalue weighted by Crippen LogP contribution is 2.19. The molecule has 6 heteroatoms. The first-order valence-electron chi connectivity index (χ1n) is 3.03. The predicted molar refractivity (Wildman–Crippen MR) is 45.2 cm³/mol. The van der Waals surface area contributed by atoms with E-state index in [1.165, 1.54) is 11.8 Å². The average molecular weight is 195 g/mol. The molecule has 1 rings (SSSR count). The second kappa shape index (κ2) is 3.02. The van der Waals surface area contributed by atoms with E-state index in [0.29, 0.717) is 5.71 Å². The molecule has 0 aromatic rings. The third-order valence-corrected chi connectivity index (χ3v) is 4.35. The Bertz CT molecular complexity index is 269. The Morgan fingerprint density at radius 3 is 2.73 bits per heavy atom. The van der Waals surface area contributed by atoms with E-state index in [-0.39, 0.29) is 16.8 Å². The highest BCUT2D eigenvalue weighted by Gasteiger charge is 2.33. The van der Waals surface area contributed by atoms with Gasteiger partial charge in [0.05, 0.1) is 22.5 Å². The molecule has 1 atom stereocenters. The van der Waals surface area contributed by atoms with Crippen molar-refractivity contribution in [2.24, 2.45) is 5.16 Å². The van der Waals surface area contributed by atoms with Gasteiger partial charge in [-0.2, -0.15) is 11.8 Å². The molecule has 64 valence electrons. The van der Waals surface area contributed by atoms with Gasteiger partial charge in [0.25, 0.3) is 0 Å². The summed E-state index contributed by atoms with van der Waals surface area (Å²) in [7, 11) is -2.98. The number of sulfone groups is 1. The summed E-state index contributed by atoms with van der Waals surface area (Å²) >= 11 is 1.40. The van der Waals surface area contributed by atoms with Crippen molar-refractivity contribution in [1.82, 2.24) is 0 Å². The van der Waals surface area contributed by atoms with Crippen molar-refractivity contribution in [3.63, 3.8) is 0 Å². The number of hydrogen-bond acceptors (Lipinski definition) is 5. The van der Waals surface area contributed by atoms with Gasteiger partial charge in [-0.05, 0) is 6.26 Å². The van der Waals surface area contributed by atoms with Crippen molar-refractivity contribution in [3.05, 3.63) is 0 Å². The number of hydrogen-bond donors (Lipinski definition) is 1. The van der Waals surface area contributed by atoms with Crippen LogP contribution in [0.2, 0.25) is 0 Å². The molecule has 0 radical (unpaired) electrons. The SMILES string of the molecule is CSC1CS(=O)(=O)C/C1=N\O. The third kappa shape index (κ3) is 1.87. The molecule has 0 aliphatic carbocycles. The average Bonchev–Trinajstić information content (AvgIpc) is 2.25. The quantitative estimate of drug-likeness (QED) is 0.471. The summed E-state index contributed by atoms with van der Waals surface area (Å²) in [6, 6.07) is 0. The van der Waals surface area contributed by atoms with E-state index in [4.69, 9.17) is 5.21 Å². The number of rotatable bonds is 1. The minimum absolute atomic E-state index is 0.0883. The van der Waals surface area contributed by atoms with Gasteiger partial charge < -0.3 is 5.21 Å². The Morgan fingerprint density at radius 1 is 1.73 bits per heavy atom. The van der Waals surface area contributed by atoms with Crippen LogP contribution < -0.4 is 0 Å². The van der Waals surface area contributed by atoms with Crippen molar-refractivity contribution in [1.29, 1.82) is 0 Å². The zero-order valence-corrected chi connectivity index (χ0v) is 7.65. The van der Waals surface area contributed by atoms with Crippen LogP contribution in [0.15, 0.2) is 5.16 Å². The fourth-order valence-electron chi connectivity index (χ4n) is 1.00. The van der Waals surface area contributed by atoms with Gasteiger partial charge in [-0.15, -0.1) is 0 Å².